The van der Waals surface area contributed by atoms with Crippen molar-refractivity contribution < 1.29 is 14.7 Å². The first-order valence-electron chi connectivity index (χ1n) is 7.15. The lowest BCUT2D eigenvalue weighted by Gasteiger charge is -2.32. The summed E-state index contributed by atoms with van der Waals surface area (Å²) in [7, 11) is 1.80. The van der Waals surface area contributed by atoms with Crippen molar-refractivity contribution in [3.63, 3.8) is 0 Å². The number of aliphatic carboxylic acids is 1. The maximum Gasteiger partial charge on any atom is 0.307 e. The van der Waals surface area contributed by atoms with E-state index in [0.29, 0.717) is 0 Å². The Labute approximate surface area is 114 Å². The summed E-state index contributed by atoms with van der Waals surface area (Å²) in [6.45, 7) is 4.12. The van der Waals surface area contributed by atoms with Crippen LogP contribution in [0.4, 0.5) is 0 Å². The summed E-state index contributed by atoms with van der Waals surface area (Å²) >= 11 is 0. The van der Waals surface area contributed by atoms with Gasteiger partial charge in [-0.2, -0.15) is 0 Å². The molecule has 19 heavy (non-hydrogen) atoms. The second kappa shape index (κ2) is 5.35. The molecule has 0 aliphatic heterocycles. The highest BCUT2D eigenvalue weighted by molar-refractivity contribution is 5.87. The van der Waals surface area contributed by atoms with E-state index in [1.807, 2.05) is 19.1 Å². The van der Waals surface area contributed by atoms with Crippen LogP contribution in [0.25, 0.3) is 0 Å². The first kappa shape index (κ1) is 14.1. The van der Waals surface area contributed by atoms with E-state index in [1.165, 1.54) is 0 Å². The molecule has 1 amide bonds. The van der Waals surface area contributed by atoms with Gasteiger partial charge in [0.25, 0.3) is 0 Å². The highest BCUT2D eigenvalue weighted by Crippen LogP contribution is 2.48. The van der Waals surface area contributed by atoms with E-state index < -0.39 is 11.9 Å². The van der Waals surface area contributed by atoms with Gasteiger partial charge in [0.1, 0.15) is 0 Å². The molecule has 4 heteroatoms. The summed E-state index contributed by atoms with van der Waals surface area (Å²) in [5, 5.41) is 9.37. The Kier molecular flexibility index (Phi) is 3.97. The molecule has 0 radical (unpaired) electrons. The number of amides is 1. The summed E-state index contributed by atoms with van der Waals surface area (Å²) in [5.41, 5.74) is 0. The molecule has 2 aliphatic rings. The van der Waals surface area contributed by atoms with Gasteiger partial charge < -0.3 is 10.0 Å². The number of allylic oxidation sites excluding steroid dienone is 2. The molecule has 1 fully saturated rings. The van der Waals surface area contributed by atoms with E-state index in [-0.39, 0.29) is 29.7 Å². The SMILES string of the molecule is CCCC(C)N(C)C(=O)[C@H]1C2C=CC(C2)[C@H]1C(=O)O. The lowest BCUT2D eigenvalue weighted by atomic mass is 9.82. The maximum absolute atomic E-state index is 12.6. The normalized spacial score (nSPS) is 33.4. The summed E-state index contributed by atoms with van der Waals surface area (Å²) in [6, 6.07) is 0.176. The molecule has 5 atom stereocenters. The van der Waals surface area contributed by atoms with Crippen LogP contribution in [0.5, 0.6) is 0 Å². The number of hydrogen-bond donors (Lipinski definition) is 1. The topological polar surface area (TPSA) is 57.6 Å². The van der Waals surface area contributed by atoms with Gasteiger partial charge in [-0.3, -0.25) is 9.59 Å². The predicted molar refractivity (Wildman–Crippen MR) is 72.5 cm³/mol. The van der Waals surface area contributed by atoms with Crippen molar-refractivity contribution >= 4 is 11.9 Å². The molecule has 0 saturated heterocycles. The van der Waals surface area contributed by atoms with Crippen molar-refractivity contribution in [2.24, 2.45) is 23.7 Å². The lowest BCUT2D eigenvalue weighted by Crippen LogP contribution is -2.44. The number of rotatable bonds is 5. The Hall–Kier alpha value is -1.32. The molecule has 0 aromatic rings. The van der Waals surface area contributed by atoms with E-state index in [2.05, 4.69) is 6.92 Å². The minimum atomic E-state index is -0.827. The number of carboxylic acids is 1. The number of nitrogens with zero attached hydrogens (tertiary/aromatic N) is 1. The average molecular weight is 265 g/mol. The van der Waals surface area contributed by atoms with Gasteiger partial charge >= 0.3 is 5.97 Å². The molecule has 2 bridgehead atoms. The van der Waals surface area contributed by atoms with Gasteiger partial charge in [-0.05, 0) is 31.6 Å². The largest absolute Gasteiger partial charge is 0.481 e. The van der Waals surface area contributed by atoms with Crippen LogP contribution in [0.1, 0.15) is 33.1 Å². The summed E-state index contributed by atoms with van der Waals surface area (Å²) < 4.78 is 0. The van der Waals surface area contributed by atoms with Crippen molar-refractivity contribution in [1.29, 1.82) is 0 Å². The lowest BCUT2D eigenvalue weighted by molar-refractivity contribution is -0.151. The van der Waals surface area contributed by atoms with Gasteiger partial charge in [0.05, 0.1) is 11.8 Å². The van der Waals surface area contributed by atoms with Crippen molar-refractivity contribution in [2.75, 3.05) is 7.05 Å². The molecule has 4 nitrogen and oxygen atoms in total. The zero-order chi connectivity index (χ0) is 14.2. The Morgan fingerprint density at radius 3 is 2.42 bits per heavy atom. The quantitative estimate of drug-likeness (QED) is 0.775. The predicted octanol–water partition coefficient (Wildman–Crippen LogP) is 2.16. The number of carboxylic acid groups (broad SMARTS) is 1. The fourth-order valence-corrected chi connectivity index (χ4v) is 3.56. The third kappa shape index (κ3) is 2.40. The van der Waals surface area contributed by atoms with Gasteiger partial charge in [0, 0.05) is 13.1 Å². The number of carbonyl (C=O) groups excluding carboxylic acids is 1. The average Bonchev–Trinajstić information content (AvgIpc) is 2.97. The molecule has 0 aromatic carbocycles. The van der Waals surface area contributed by atoms with E-state index in [9.17, 15) is 14.7 Å². The summed E-state index contributed by atoms with van der Waals surface area (Å²) in [5.74, 6) is -1.55. The van der Waals surface area contributed by atoms with Gasteiger partial charge in [-0.1, -0.05) is 25.5 Å². The highest BCUT2D eigenvalue weighted by Gasteiger charge is 2.52. The van der Waals surface area contributed by atoms with E-state index in [4.69, 9.17) is 0 Å². The zero-order valence-electron chi connectivity index (χ0n) is 11.9. The fraction of sp³-hybridized carbons (Fsp3) is 0.733. The first-order valence-corrected chi connectivity index (χ1v) is 7.15. The molecular weight excluding hydrogens is 242 g/mol. The molecule has 0 spiro atoms. The van der Waals surface area contributed by atoms with Crippen LogP contribution in [-0.2, 0) is 9.59 Å². The van der Waals surface area contributed by atoms with Gasteiger partial charge in [0.2, 0.25) is 5.91 Å². The second-order valence-corrected chi connectivity index (χ2v) is 5.92. The summed E-state index contributed by atoms with van der Waals surface area (Å²) in [4.78, 5) is 25.8. The molecule has 1 saturated carbocycles. The van der Waals surface area contributed by atoms with Crippen LogP contribution in [0.15, 0.2) is 12.2 Å². The van der Waals surface area contributed by atoms with Gasteiger partial charge in [0.15, 0.2) is 0 Å². The van der Waals surface area contributed by atoms with Crippen LogP contribution < -0.4 is 0 Å². The smallest absolute Gasteiger partial charge is 0.307 e. The zero-order valence-corrected chi connectivity index (χ0v) is 11.9. The Bertz CT molecular complexity index is 404. The summed E-state index contributed by atoms with van der Waals surface area (Å²) in [6.07, 6.45) is 6.81. The van der Waals surface area contributed by atoms with Crippen molar-refractivity contribution in [3.8, 4) is 0 Å². The van der Waals surface area contributed by atoms with Crippen LogP contribution >= 0.6 is 0 Å². The molecule has 106 valence electrons. The Morgan fingerprint density at radius 2 is 1.89 bits per heavy atom. The maximum atomic E-state index is 12.6. The minimum Gasteiger partial charge on any atom is -0.481 e. The fourth-order valence-electron chi connectivity index (χ4n) is 3.56. The van der Waals surface area contributed by atoms with Crippen molar-refractivity contribution in [2.45, 2.75) is 39.2 Å². The molecule has 0 aromatic heterocycles. The molecule has 0 heterocycles. The number of carbonyl (C=O) groups is 2. The van der Waals surface area contributed by atoms with E-state index in [1.54, 1.807) is 11.9 Å². The van der Waals surface area contributed by atoms with E-state index in [0.717, 1.165) is 19.3 Å². The molecule has 2 aliphatic carbocycles. The Balaban J connectivity index is 2.14. The van der Waals surface area contributed by atoms with E-state index >= 15 is 0 Å². The van der Waals surface area contributed by atoms with Crippen LogP contribution in [0.3, 0.4) is 0 Å². The molecular formula is C15H23NO3. The van der Waals surface area contributed by atoms with Gasteiger partial charge in [-0.25, -0.2) is 0 Å². The van der Waals surface area contributed by atoms with Gasteiger partial charge in [-0.15, -0.1) is 0 Å². The van der Waals surface area contributed by atoms with Crippen molar-refractivity contribution in [3.05, 3.63) is 12.2 Å². The van der Waals surface area contributed by atoms with Crippen LogP contribution in [-0.4, -0.2) is 35.0 Å². The van der Waals surface area contributed by atoms with Crippen molar-refractivity contribution in [1.82, 2.24) is 4.90 Å². The second-order valence-electron chi connectivity index (χ2n) is 5.92. The number of hydrogen-bond acceptors (Lipinski definition) is 2. The number of fused-ring (bicyclic) bond motifs is 2. The van der Waals surface area contributed by atoms with Crippen LogP contribution in [0.2, 0.25) is 0 Å². The third-order valence-corrected chi connectivity index (χ3v) is 4.74. The first-order chi connectivity index (χ1) is 8.97. The minimum absolute atomic E-state index is 0.00481. The highest BCUT2D eigenvalue weighted by atomic mass is 16.4. The molecule has 3 unspecified atom stereocenters. The molecule has 1 N–H and O–H groups in total. The standard InChI is InChI=1S/C15H23NO3/c1-4-5-9(2)16(3)14(17)12-10-6-7-11(8-10)13(12)15(18)19/h6-7,9-13H,4-5,8H2,1-3H3,(H,18,19)/t9?,10?,11?,12-,13+/m0/s1. The monoisotopic (exact) mass is 265 g/mol. The molecule has 2 rings (SSSR count). The third-order valence-electron chi connectivity index (χ3n) is 4.74. The Morgan fingerprint density at radius 1 is 1.32 bits per heavy atom. The van der Waals surface area contributed by atoms with Crippen LogP contribution in [0, 0.1) is 23.7 Å².